The summed E-state index contributed by atoms with van der Waals surface area (Å²) < 4.78 is 3.15. The van der Waals surface area contributed by atoms with Gasteiger partial charge < -0.3 is 4.90 Å². The highest BCUT2D eigenvalue weighted by Gasteiger charge is 2.25. The van der Waals surface area contributed by atoms with E-state index in [4.69, 9.17) is 0 Å². The van der Waals surface area contributed by atoms with Crippen molar-refractivity contribution in [2.75, 3.05) is 27.2 Å². The van der Waals surface area contributed by atoms with Gasteiger partial charge in [-0.15, -0.1) is 0 Å². The highest BCUT2D eigenvalue weighted by atomic mass is 79.9. The lowest BCUT2D eigenvalue weighted by Gasteiger charge is -2.20. The van der Waals surface area contributed by atoms with Gasteiger partial charge in [-0.05, 0) is 43.4 Å². The van der Waals surface area contributed by atoms with Crippen molar-refractivity contribution in [3.63, 3.8) is 0 Å². The summed E-state index contributed by atoms with van der Waals surface area (Å²) in [6.07, 6.45) is 1.27. The van der Waals surface area contributed by atoms with Crippen molar-refractivity contribution in [3.8, 4) is 0 Å². The van der Waals surface area contributed by atoms with Crippen LogP contribution in [0.25, 0.3) is 0 Å². The lowest BCUT2D eigenvalue weighted by Crippen LogP contribution is -2.31. The number of aromatic nitrogens is 2. The Morgan fingerprint density at radius 3 is 2.65 bits per heavy atom. The van der Waals surface area contributed by atoms with Crippen LogP contribution in [0.1, 0.15) is 17.8 Å². The first-order chi connectivity index (χ1) is 7.99. The van der Waals surface area contributed by atoms with Gasteiger partial charge in [0.25, 0.3) is 0 Å². The quantitative estimate of drug-likeness (QED) is 0.848. The SMILES string of the molecule is Cc1nn(C)c(CN2CCC(N(C)C)C2)c1Br. The summed E-state index contributed by atoms with van der Waals surface area (Å²) in [6.45, 7) is 5.37. The molecule has 1 aromatic rings. The topological polar surface area (TPSA) is 24.3 Å². The van der Waals surface area contributed by atoms with Crippen LogP contribution in [0.15, 0.2) is 4.47 Å². The fourth-order valence-corrected chi connectivity index (χ4v) is 2.90. The zero-order valence-electron chi connectivity index (χ0n) is 11.1. The highest BCUT2D eigenvalue weighted by molar-refractivity contribution is 9.10. The summed E-state index contributed by atoms with van der Waals surface area (Å²) in [5, 5.41) is 4.44. The average Bonchev–Trinajstić information content (AvgIpc) is 2.80. The summed E-state index contributed by atoms with van der Waals surface area (Å²) in [4.78, 5) is 4.83. The lowest BCUT2D eigenvalue weighted by atomic mass is 10.2. The van der Waals surface area contributed by atoms with Crippen molar-refractivity contribution in [2.24, 2.45) is 7.05 Å². The van der Waals surface area contributed by atoms with Gasteiger partial charge >= 0.3 is 0 Å². The molecule has 0 aromatic carbocycles. The third kappa shape index (κ3) is 2.72. The number of likely N-dealkylation sites (N-methyl/N-ethyl adjacent to an activating group) is 1. The second kappa shape index (κ2) is 5.08. The maximum atomic E-state index is 4.44. The van der Waals surface area contributed by atoms with E-state index in [9.17, 15) is 0 Å². The predicted octanol–water partition coefficient (Wildman–Crippen LogP) is 1.63. The Hall–Kier alpha value is -0.390. The molecular formula is C12H21BrN4. The molecule has 0 spiro atoms. The molecule has 96 valence electrons. The molecule has 0 amide bonds. The number of rotatable bonds is 3. The van der Waals surface area contributed by atoms with Gasteiger partial charge in [0.1, 0.15) is 0 Å². The first kappa shape index (κ1) is 13.1. The number of halogens is 1. The van der Waals surface area contributed by atoms with Gasteiger partial charge in [-0.2, -0.15) is 5.10 Å². The molecule has 1 aromatic heterocycles. The summed E-state index contributed by atoms with van der Waals surface area (Å²) in [5.74, 6) is 0. The van der Waals surface area contributed by atoms with Crippen molar-refractivity contribution in [1.82, 2.24) is 19.6 Å². The Morgan fingerprint density at radius 1 is 1.47 bits per heavy atom. The number of hydrogen-bond acceptors (Lipinski definition) is 3. The molecule has 1 atom stereocenters. The molecule has 5 heteroatoms. The van der Waals surface area contributed by atoms with Gasteiger partial charge in [-0.3, -0.25) is 9.58 Å². The minimum atomic E-state index is 0.697. The van der Waals surface area contributed by atoms with Gasteiger partial charge in [-0.25, -0.2) is 0 Å². The number of likely N-dealkylation sites (tertiary alicyclic amines) is 1. The van der Waals surface area contributed by atoms with Gasteiger partial charge in [0, 0.05) is 32.7 Å². The first-order valence-corrected chi connectivity index (χ1v) is 6.85. The Morgan fingerprint density at radius 2 is 2.18 bits per heavy atom. The summed E-state index contributed by atoms with van der Waals surface area (Å²) in [5.41, 5.74) is 2.35. The number of aryl methyl sites for hydroxylation is 2. The molecule has 0 saturated carbocycles. The molecule has 2 rings (SSSR count). The van der Waals surface area contributed by atoms with Crippen LogP contribution in [0.4, 0.5) is 0 Å². The minimum absolute atomic E-state index is 0.697. The minimum Gasteiger partial charge on any atom is -0.305 e. The van der Waals surface area contributed by atoms with E-state index < -0.39 is 0 Å². The van der Waals surface area contributed by atoms with Gasteiger partial charge in [0.15, 0.2) is 0 Å². The van der Waals surface area contributed by atoms with Crippen molar-refractivity contribution in [2.45, 2.75) is 25.9 Å². The molecule has 0 bridgehead atoms. The summed E-state index contributed by atoms with van der Waals surface area (Å²) in [6, 6.07) is 0.697. The zero-order valence-corrected chi connectivity index (χ0v) is 12.7. The zero-order chi connectivity index (χ0) is 12.6. The fourth-order valence-electron chi connectivity index (χ4n) is 2.44. The number of hydrogen-bond donors (Lipinski definition) is 0. The second-order valence-electron chi connectivity index (χ2n) is 5.11. The van der Waals surface area contributed by atoms with Crippen LogP contribution in [0.5, 0.6) is 0 Å². The van der Waals surface area contributed by atoms with Crippen LogP contribution in [-0.2, 0) is 13.6 Å². The largest absolute Gasteiger partial charge is 0.305 e. The smallest absolute Gasteiger partial charge is 0.0739 e. The Balaban J connectivity index is 2.03. The fraction of sp³-hybridized carbons (Fsp3) is 0.750. The van der Waals surface area contributed by atoms with E-state index in [2.05, 4.69) is 44.9 Å². The molecule has 0 N–H and O–H groups in total. The average molecular weight is 301 g/mol. The van der Waals surface area contributed by atoms with Crippen molar-refractivity contribution in [3.05, 3.63) is 15.9 Å². The number of nitrogens with zero attached hydrogens (tertiary/aromatic N) is 4. The molecule has 0 aliphatic carbocycles. The summed E-state index contributed by atoms with van der Waals surface area (Å²) in [7, 11) is 6.35. The third-order valence-electron chi connectivity index (χ3n) is 3.61. The monoisotopic (exact) mass is 300 g/mol. The van der Waals surface area contributed by atoms with Gasteiger partial charge in [0.05, 0.1) is 15.9 Å². The molecule has 1 aliphatic rings. The van der Waals surface area contributed by atoms with Gasteiger partial charge in [-0.1, -0.05) is 0 Å². The van der Waals surface area contributed by atoms with Crippen LogP contribution in [0, 0.1) is 6.92 Å². The van der Waals surface area contributed by atoms with Crippen LogP contribution < -0.4 is 0 Å². The van der Waals surface area contributed by atoms with E-state index in [0.29, 0.717) is 6.04 Å². The van der Waals surface area contributed by atoms with E-state index in [1.807, 2.05) is 18.7 Å². The van der Waals surface area contributed by atoms with Crippen LogP contribution in [0.2, 0.25) is 0 Å². The van der Waals surface area contributed by atoms with Crippen LogP contribution in [0.3, 0.4) is 0 Å². The Kier molecular flexibility index (Phi) is 3.90. The van der Waals surface area contributed by atoms with E-state index in [1.54, 1.807) is 0 Å². The molecule has 1 unspecified atom stereocenters. The molecular weight excluding hydrogens is 280 g/mol. The second-order valence-corrected chi connectivity index (χ2v) is 5.90. The third-order valence-corrected chi connectivity index (χ3v) is 4.64. The summed E-state index contributed by atoms with van der Waals surface area (Å²) >= 11 is 3.63. The van der Waals surface area contributed by atoms with Crippen molar-refractivity contribution < 1.29 is 0 Å². The molecule has 2 heterocycles. The van der Waals surface area contributed by atoms with Gasteiger partial charge in [0.2, 0.25) is 0 Å². The highest BCUT2D eigenvalue weighted by Crippen LogP contribution is 2.23. The van der Waals surface area contributed by atoms with E-state index in [0.717, 1.165) is 23.3 Å². The molecule has 1 fully saturated rings. The molecule has 4 nitrogen and oxygen atoms in total. The molecule has 17 heavy (non-hydrogen) atoms. The Labute approximate surface area is 112 Å². The lowest BCUT2D eigenvalue weighted by molar-refractivity contribution is 0.261. The Bertz CT molecular complexity index is 399. The molecule has 0 radical (unpaired) electrons. The standard InChI is InChI=1S/C12H21BrN4/c1-9-12(13)11(16(4)14-9)8-17-6-5-10(7-17)15(2)3/h10H,5-8H2,1-4H3. The first-order valence-electron chi connectivity index (χ1n) is 6.05. The predicted molar refractivity (Wildman–Crippen MR) is 73.0 cm³/mol. The maximum absolute atomic E-state index is 4.44. The van der Waals surface area contributed by atoms with Crippen molar-refractivity contribution >= 4 is 15.9 Å². The van der Waals surface area contributed by atoms with Crippen molar-refractivity contribution in [1.29, 1.82) is 0 Å². The maximum Gasteiger partial charge on any atom is 0.0739 e. The van der Waals surface area contributed by atoms with Crippen LogP contribution >= 0.6 is 15.9 Å². The van der Waals surface area contributed by atoms with E-state index in [-0.39, 0.29) is 0 Å². The van der Waals surface area contributed by atoms with E-state index >= 15 is 0 Å². The molecule has 1 saturated heterocycles. The molecule has 1 aliphatic heterocycles. The normalized spacial score (nSPS) is 21.6. The van der Waals surface area contributed by atoms with E-state index in [1.165, 1.54) is 18.7 Å². The van der Waals surface area contributed by atoms with Crippen LogP contribution in [-0.4, -0.2) is 52.8 Å².